The monoisotopic (exact) mass is 284 g/mol. The van der Waals surface area contributed by atoms with Gasteiger partial charge in [-0.3, -0.25) is 0 Å². The maximum absolute atomic E-state index is 4.83. The molecular weight excluding hydrogens is 268 g/mol. The minimum Gasteiger partial charge on any atom is -0.232 e. The first-order valence-corrected chi connectivity index (χ1v) is 7.60. The van der Waals surface area contributed by atoms with Gasteiger partial charge in [-0.05, 0) is 23.3 Å². The summed E-state index contributed by atoms with van der Waals surface area (Å²) in [5.74, 6) is 0.812. The molecule has 0 amide bonds. The predicted molar refractivity (Wildman–Crippen MR) is 91.9 cm³/mol. The molecule has 22 heavy (non-hydrogen) atoms. The van der Waals surface area contributed by atoms with Crippen LogP contribution in [0.3, 0.4) is 0 Å². The lowest BCUT2D eigenvalue weighted by Crippen LogP contribution is -1.97. The molecule has 0 unspecified atom stereocenters. The second-order valence-electron chi connectivity index (χ2n) is 5.39. The SMILES string of the molecule is CCc1nc(-c2cccc3ccccc23)nc2ccccc12. The Morgan fingerprint density at radius 2 is 1.45 bits per heavy atom. The van der Waals surface area contributed by atoms with Crippen molar-refractivity contribution in [3.05, 3.63) is 72.4 Å². The largest absolute Gasteiger partial charge is 0.232 e. The molecule has 0 bridgehead atoms. The van der Waals surface area contributed by atoms with Crippen LogP contribution in [0.4, 0.5) is 0 Å². The topological polar surface area (TPSA) is 25.8 Å². The Morgan fingerprint density at radius 3 is 2.32 bits per heavy atom. The molecule has 0 saturated heterocycles. The third-order valence-corrected chi connectivity index (χ3v) is 4.05. The fraction of sp³-hybridized carbons (Fsp3) is 0.100. The van der Waals surface area contributed by atoms with Crippen LogP contribution >= 0.6 is 0 Å². The Hall–Kier alpha value is -2.74. The summed E-state index contributed by atoms with van der Waals surface area (Å²) >= 11 is 0. The standard InChI is InChI=1S/C20H16N2/c1-2-18-17-11-5-6-13-19(17)22-20(21-18)16-12-7-9-14-8-3-4-10-15(14)16/h3-13H,2H2,1H3. The average Bonchev–Trinajstić information content (AvgIpc) is 2.60. The molecule has 1 heterocycles. The molecule has 0 aliphatic rings. The van der Waals surface area contributed by atoms with Gasteiger partial charge in [0.2, 0.25) is 0 Å². The van der Waals surface area contributed by atoms with E-state index in [0.29, 0.717) is 0 Å². The number of nitrogens with zero attached hydrogens (tertiary/aromatic N) is 2. The molecular formula is C20H16N2. The number of benzene rings is 3. The smallest absolute Gasteiger partial charge is 0.160 e. The maximum Gasteiger partial charge on any atom is 0.160 e. The van der Waals surface area contributed by atoms with Crippen LogP contribution in [0.5, 0.6) is 0 Å². The highest BCUT2D eigenvalue weighted by atomic mass is 14.9. The highest BCUT2D eigenvalue weighted by molar-refractivity contribution is 5.96. The van der Waals surface area contributed by atoms with Gasteiger partial charge in [-0.1, -0.05) is 67.6 Å². The molecule has 3 aromatic carbocycles. The van der Waals surface area contributed by atoms with Crippen molar-refractivity contribution in [3.63, 3.8) is 0 Å². The van der Waals surface area contributed by atoms with E-state index >= 15 is 0 Å². The van der Waals surface area contributed by atoms with Crippen molar-refractivity contribution in [1.29, 1.82) is 0 Å². The molecule has 0 radical (unpaired) electrons. The van der Waals surface area contributed by atoms with Crippen LogP contribution in [0.1, 0.15) is 12.6 Å². The van der Waals surface area contributed by atoms with Crippen LogP contribution in [-0.4, -0.2) is 9.97 Å². The first kappa shape index (κ1) is 13.0. The highest BCUT2D eigenvalue weighted by Crippen LogP contribution is 2.28. The molecule has 0 aliphatic heterocycles. The summed E-state index contributed by atoms with van der Waals surface area (Å²) < 4.78 is 0. The Balaban J connectivity index is 2.04. The maximum atomic E-state index is 4.83. The highest BCUT2D eigenvalue weighted by Gasteiger charge is 2.10. The Labute approximate surface area is 129 Å². The first-order valence-electron chi connectivity index (χ1n) is 7.60. The second kappa shape index (κ2) is 5.23. The van der Waals surface area contributed by atoms with Crippen molar-refractivity contribution in [2.24, 2.45) is 0 Å². The van der Waals surface area contributed by atoms with Crippen molar-refractivity contribution in [1.82, 2.24) is 9.97 Å². The number of hydrogen-bond acceptors (Lipinski definition) is 2. The van der Waals surface area contributed by atoms with E-state index in [4.69, 9.17) is 9.97 Å². The van der Waals surface area contributed by atoms with Crippen LogP contribution in [0.15, 0.2) is 66.7 Å². The first-order chi connectivity index (χ1) is 10.9. The van der Waals surface area contributed by atoms with Gasteiger partial charge in [0.25, 0.3) is 0 Å². The molecule has 4 aromatic rings. The number of rotatable bonds is 2. The molecule has 2 heteroatoms. The van der Waals surface area contributed by atoms with Gasteiger partial charge in [0.1, 0.15) is 0 Å². The van der Waals surface area contributed by atoms with Crippen LogP contribution in [0, 0.1) is 0 Å². The van der Waals surface area contributed by atoms with E-state index in [2.05, 4.69) is 61.5 Å². The van der Waals surface area contributed by atoms with E-state index in [-0.39, 0.29) is 0 Å². The average molecular weight is 284 g/mol. The summed E-state index contributed by atoms with van der Waals surface area (Å²) in [6, 6.07) is 22.9. The van der Waals surface area contributed by atoms with Crippen LogP contribution in [0.25, 0.3) is 33.1 Å². The number of fused-ring (bicyclic) bond motifs is 2. The third-order valence-electron chi connectivity index (χ3n) is 4.05. The molecule has 0 saturated carbocycles. The molecule has 0 atom stereocenters. The van der Waals surface area contributed by atoms with Crippen molar-refractivity contribution in [2.45, 2.75) is 13.3 Å². The third kappa shape index (κ3) is 2.04. The lowest BCUT2D eigenvalue weighted by atomic mass is 10.0. The summed E-state index contributed by atoms with van der Waals surface area (Å²) in [6.07, 6.45) is 0.904. The normalized spacial score (nSPS) is 11.1. The van der Waals surface area contributed by atoms with Crippen molar-refractivity contribution in [3.8, 4) is 11.4 Å². The van der Waals surface area contributed by atoms with E-state index in [9.17, 15) is 0 Å². The predicted octanol–water partition coefficient (Wildman–Crippen LogP) is 5.01. The zero-order valence-corrected chi connectivity index (χ0v) is 12.5. The summed E-state index contributed by atoms with van der Waals surface area (Å²) in [5.41, 5.74) is 3.21. The Morgan fingerprint density at radius 1 is 0.727 bits per heavy atom. The van der Waals surface area contributed by atoms with Gasteiger partial charge in [0.05, 0.1) is 11.2 Å². The van der Waals surface area contributed by atoms with Crippen molar-refractivity contribution >= 4 is 21.7 Å². The Bertz CT molecular complexity index is 968. The summed E-state index contributed by atoms with van der Waals surface area (Å²) in [7, 11) is 0. The molecule has 106 valence electrons. The van der Waals surface area contributed by atoms with Gasteiger partial charge in [-0.15, -0.1) is 0 Å². The molecule has 1 aromatic heterocycles. The molecule has 0 N–H and O–H groups in total. The number of aromatic nitrogens is 2. The molecule has 0 spiro atoms. The quantitative estimate of drug-likeness (QED) is 0.517. The molecule has 4 rings (SSSR count). The zero-order valence-electron chi connectivity index (χ0n) is 12.5. The van der Waals surface area contributed by atoms with E-state index in [1.165, 1.54) is 10.8 Å². The van der Waals surface area contributed by atoms with Gasteiger partial charge >= 0.3 is 0 Å². The molecule has 2 nitrogen and oxygen atoms in total. The lowest BCUT2D eigenvalue weighted by Gasteiger charge is -2.09. The number of aryl methyl sites for hydroxylation is 1. The fourth-order valence-electron chi connectivity index (χ4n) is 2.95. The molecule has 0 aliphatic carbocycles. The second-order valence-corrected chi connectivity index (χ2v) is 5.39. The van der Waals surface area contributed by atoms with E-state index in [1.807, 2.05) is 12.1 Å². The fourth-order valence-corrected chi connectivity index (χ4v) is 2.95. The lowest BCUT2D eigenvalue weighted by molar-refractivity contribution is 1.04. The summed E-state index contributed by atoms with van der Waals surface area (Å²) in [6.45, 7) is 2.14. The van der Waals surface area contributed by atoms with Gasteiger partial charge in [-0.25, -0.2) is 9.97 Å². The number of para-hydroxylation sites is 1. The van der Waals surface area contributed by atoms with E-state index in [0.717, 1.165) is 34.4 Å². The minimum atomic E-state index is 0.812. The van der Waals surface area contributed by atoms with Crippen molar-refractivity contribution in [2.75, 3.05) is 0 Å². The van der Waals surface area contributed by atoms with Crippen LogP contribution in [-0.2, 0) is 6.42 Å². The number of hydrogen-bond donors (Lipinski definition) is 0. The van der Waals surface area contributed by atoms with E-state index < -0.39 is 0 Å². The minimum absolute atomic E-state index is 0.812. The summed E-state index contributed by atoms with van der Waals surface area (Å²) in [4.78, 5) is 9.62. The van der Waals surface area contributed by atoms with Gasteiger partial charge < -0.3 is 0 Å². The van der Waals surface area contributed by atoms with E-state index in [1.54, 1.807) is 0 Å². The van der Waals surface area contributed by atoms with Gasteiger partial charge in [0, 0.05) is 10.9 Å². The van der Waals surface area contributed by atoms with Crippen LogP contribution in [0.2, 0.25) is 0 Å². The molecule has 0 fully saturated rings. The Kier molecular flexibility index (Phi) is 3.08. The van der Waals surface area contributed by atoms with Crippen LogP contribution < -0.4 is 0 Å². The zero-order chi connectivity index (χ0) is 14.9. The van der Waals surface area contributed by atoms with Crippen molar-refractivity contribution < 1.29 is 0 Å². The van der Waals surface area contributed by atoms with Gasteiger partial charge in [-0.2, -0.15) is 0 Å². The van der Waals surface area contributed by atoms with Gasteiger partial charge in [0.15, 0.2) is 5.82 Å². The summed E-state index contributed by atoms with van der Waals surface area (Å²) in [5, 5.41) is 3.56.